The molecule has 1 aromatic carbocycles. The van der Waals surface area contributed by atoms with Crippen LogP contribution < -0.4 is 10.5 Å². The van der Waals surface area contributed by atoms with E-state index in [1.54, 1.807) is 0 Å². The zero-order valence-electron chi connectivity index (χ0n) is 12.5. The Morgan fingerprint density at radius 2 is 1.80 bits per heavy atom. The Bertz CT molecular complexity index is 495. The minimum Gasteiger partial charge on any atom is -0.330 e. The first-order valence-electron chi connectivity index (χ1n) is 6.77. The number of nitrogens with one attached hydrogen (secondary N) is 1. The van der Waals surface area contributed by atoms with Gasteiger partial charge in [-0.1, -0.05) is 30.3 Å². The molecule has 1 aromatic rings. The van der Waals surface area contributed by atoms with Crippen molar-refractivity contribution < 1.29 is 8.42 Å². The second kappa shape index (κ2) is 7.17. The van der Waals surface area contributed by atoms with Gasteiger partial charge in [-0.25, -0.2) is 0 Å². The molecule has 0 fully saturated rings. The molecule has 0 bridgehead atoms. The second-order valence-electron chi connectivity index (χ2n) is 5.82. The van der Waals surface area contributed by atoms with Gasteiger partial charge < -0.3 is 5.73 Å². The highest BCUT2D eigenvalue weighted by Gasteiger charge is 2.26. The van der Waals surface area contributed by atoms with Crippen LogP contribution in [0, 0.1) is 0 Å². The minimum atomic E-state index is -3.52. The van der Waals surface area contributed by atoms with Gasteiger partial charge in [0, 0.05) is 18.6 Å². The highest BCUT2D eigenvalue weighted by atomic mass is 32.2. The summed E-state index contributed by atoms with van der Waals surface area (Å²) >= 11 is 0. The molecule has 114 valence electrons. The molecule has 0 aliphatic rings. The lowest BCUT2D eigenvalue weighted by atomic mass is 10.1. The second-order valence-corrected chi connectivity index (χ2v) is 7.49. The summed E-state index contributed by atoms with van der Waals surface area (Å²) in [6.45, 7) is 6.72. The Labute approximate surface area is 122 Å². The Kier molecular flexibility index (Phi) is 6.13. The molecule has 0 spiro atoms. The van der Waals surface area contributed by atoms with Crippen LogP contribution in [-0.2, 0) is 16.8 Å². The lowest BCUT2D eigenvalue weighted by Gasteiger charge is -2.28. The van der Waals surface area contributed by atoms with Crippen molar-refractivity contribution in [3.05, 3.63) is 35.9 Å². The van der Waals surface area contributed by atoms with Crippen LogP contribution in [0.2, 0.25) is 0 Å². The third-order valence-corrected chi connectivity index (χ3v) is 4.45. The summed E-state index contributed by atoms with van der Waals surface area (Å²) in [5.41, 5.74) is 5.96. The molecule has 0 saturated carbocycles. The summed E-state index contributed by atoms with van der Waals surface area (Å²) in [6.07, 6.45) is 0.637. The maximum absolute atomic E-state index is 12.4. The highest BCUT2D eigenvalue weighted by Crippen LogP contribution is 2.12. The van der Waals surface area contributed by atoms with E-state index in [0.717, 1.165) is 5.56 Å². The van der Waals surface area contributed by atoms with Crippen LogP contribution in [0.4, 0.5) is 0 Å². The first-order chi connectivity index (χ1) is 9.24. The predicted octanol–water partition coefficient (Wildman–Crippen LogP) is 1.47. The number of benzene rings is 1. The van der Waals surface area contributed by atoms with Crippen LogP contribution in [0.5, 0.6) is 0 Å². The molecule has 20 heavy (non-hydrogen) atoms. The van der Waals surface area contributed by atoms with Gasteiger partial charge in [0.1, 0.15) is 0 Å². The van der Waals surface area contributed by atoms with E-state index < -0.39 is 15.7 Å². The molecular weight excluding hydrogens is 274 g/mol. The van der Waals surface area contributed by atoms with Crippen molar-refractivity contribution in [2.45, 2.75) is 39.3 Å². The largest absolute Gasteiger partial charge is 0.330 e. The molecule has 6 heteroatoms. The van der Waals surface area contributed by atoms with E-state index >= 15 is 0 Å². The quantitative estimate of drug-likeness (QED) is 0.800. The van der Waals surface area contributed by atoms with E-state index in [-0.39, 0.29) is 0 Å². The van der Waals surface area contributed by atoms with Crippen LogP contribution in [0.25, 0.3) is 0 Å². The smallest absolute Gasteiger partial charge is 0.280 e. The van der Waals surface area contributed by atoms with Crippen LogP contribution in [0.1, 0.15) is 32.8 Å². The molecule has 0 heterocycles. The van der Waals surface area contributed by atoms with E-state index in [1.807, 2.05) is 51.1 Å². The van der Waals surface area contributed by atoms with Gasteiger partial charge in [-0.2, -0.15) is 17.4 Å². The van der Waals surface area contributed by atoms with Gasteiger partial charge in [-0.05, 0) is 39.3 Å². The van der Waals surface area contributed by atoms with Gasteiger partial charge in [-0.15, -0.1) is 0 Å². The van der Waals surface area contributed by atoms with Gasteiger partial charge in [0.2, 0.25) is 0 Å². The Morgan fingerprint density at radius 1 is 1.20 bits per heavy atom. The minimum absolute atomic E-state index is 0.353. The van der Waals surface area contributed by atoms with E-state index in [1.165, 1.54) is 4.31 Å². The topological polar surface area (TPSA) is 75.4 Å². The third-order valence-electron chi connectivity index (χ3n) is 2.59. The molecule has 5 nitrogen and oxygen atoms in total. The third kappa shape index (κ3) is 6.00. The Hall–Kier alpha value is -0.950. The first kappa shape index (κ1) is 17.1. The zero-order valence-corrected chi connectivity index (χ0v) is 13.3. The molecule has 0 aliphatic carbocycles. The fourth-order valence-corrected chi connectivity index (χ4v) is 3.38. The van der Waals surface area contributed by atoms with Crippen LogP contribution in [0.3, 0.4) is 0 Å². The zero-order chi connectivity index (χ0) is 15.2. The molecule has 3 N–H and O–H groups in total. The number of nitrogens with two attached hydrogens (primary N) is 1. The van der Waals surface area contributed by atoms with Crippen LogP contribution >= 0.6 is 0 Å². The van der Waals surface area contributed by atoms with Gasteiger partial charge in [-0.3, -0.25) is 0 Å². The molecule has 0 radical (unpaired) electrons. The number of nitrogens with zero attached hydrogens (tertiary/aromatic N) is 1. The molecule has 0 unspecified atom stereocenters. The van der Waals surface area contributed by atoms with E-state index in [9.17, 15) is 8.42 Å². The molecule has 0 saturated heterocycles. The predicted molar refractivity (Wildman–Crippen MR) is 82.3 cm³/mol. The van der Waals surface area contributed by atoms with Crippen molar-refractivity contribution in [2.75, 3.05) is 13.1 Å². The molecule has 0 amide bonds. The molecule has 0 atom stereocenters. The van der Waals surface area contributed by atoms with E-state index in [4.69, 9.17) is 5.73 Å². The molecular formula is C14H25N3O2S. The van der Waals surface area contributed by atoms with Gasteiger partial charge in [0.05, 0.1) is 0 Å². The summed E-state index contributed by atoms with van der Waals surface area (Å²) in [4.78, 5) is 0. The maximum Gasteiger partial charge on any atom is 0.280 e. The van der Waals surface area contributed by atoms with E-state index in [0.29, 0.717) is 26.1 Å². The average Bonchev–Trinajstić information content (AvgIpc) is 2.32. The van der Waals surface area contributed by atoms with E-state index in [2.05, 4.69) is 4.72 Å². The highest BCUT2D eigenvalue weighted by molar-refractivity contribution is 7.87. The van der Waals surface area contributed by atoms with Gasteiger partial charge in [0.25, 0.3) is 10.2 Å². The average molecular weight is 299 g/mol. The number of rotatable bonds is 7. The van der Waals surface area contributed by atoms with Gasteiger partial charge >= 0.3 is 0 Å². The normalized spacial score (nSPS) is 12.8. The van der Waals surface area contributed by atoms with Gasteiger partial charge in [0.15, 0.2) is 0 Å². The van der Waals surface area contributed by atoms with Crippen LogP contribution in [0.15, 0.2) is 30.3 Å². The fraction of sp³-hybridized carbons (Fsp3) is 0.571. The standard InChI is InChI=1S/C14H25N3O2S/c1-14(2,3)16-20(18,19)17(11-7-10-15)12-13-8-5-4-6-9-13/h4-6,8-9,16H,7,10-12,15H2,1-3H3. The number of hydrogen-bond donors (Lipinski definition) is 2. The summed E-state index contributed by atoms with van der Waals surface area (Å²) in [7, 11) is -3.52. The maximum atomic E-state index is 12.4. The molecule has 0 aliphatic heterocycles. The summed E-state index contributed by atoms with van der Waals surface area (Å²) in [5.74, 6) is 0. The summed E-state index contributed by atoms with van der Waals surface area (Å²) in [6, 6.07) is 9.56. The summed E-state index contributed by atoms with van der Waals surface area (Å²) in [5, 5.41) is 0. The monoisotopic (exact) mass is 299 g/mol. The summed E-state index contributed by atoms with van der Waals surface area (Å²) < 4.78 is 29.0. The fourth-order valence-electron chi connectivity index (χ4n) is 1.79. The van der Waals surface area contributed by atoms with Crippen molar-refractivity contribution in [1.82, 2.24) is 9.03 Å². The van der Waals surface area contributed by atoms with Crippen molar-refractivity contribution in [3.63, 3.8) is 0 Å². The van der Waals surface area contributed by atoms with Crippen LogP contribution in [-0.4, -0.2) is 31.4 Å². The first-order valence-corrected chi connectivity index (χ1v) is 8.22. The van der Waals surface area contributed by atoms with Crippen molar-refractivity contribution >= 4 is 10.2 Å². The Balaban J connectivity index is 2.88. The Morgan fingerprint density at radius 3 is 2.30 bits per heavy atom. The lowest BCUT2D eigenvalue weighted by molar-refractivity contribution is 0.376. The molecule has 1 rings (SSSR count). The number of hydrogen-bond acceptors (Lipinski definition) is 3. The van der Waals surface area contributed by atoms with Crippen molar-refractivity contribution in [2.24, 2.45) is 5.73 Å². The lowest BCUT2D eigenvalue weighted by Crippen LogP contribution is -2.49. The van der Waals surface area contributed by atoms with Crippen molar-refractivity contribution in [1.29, 1.82) is 0 Å². The molecule has 0 aromatic heterocycles. The SMILES string of the molecule is CC(C)(C)NS(=O)(=O)N(CCCN)Cc1ccccc1. The van der Waals surface area contributed by atoms with Crippen molar-refractivity contribution in [3.8, 4) is 0 Å².